The molecule has 142 valence electrons. The predicted octanol–water partition coefficient (Wildman–Crippen LogP) is 4.46. The number of anilines is 2. The van der Waals surface area contributed by atoms with Crippen molar-refractivity contribution >= 4 is 29.6 Å². The van der Waals surface area contributed by atoms with Crippen molar-refractivity contribution in [3.8, 4) is 5.75 Å². The van der Waals surface area contributed by atoms with E-state index in [1.54, 1.807) is 0 Å². The van der Waals surface area contributed by atoms with Gasteiger partial charge in [0, 0.05) is 26.4 Å². The highest BCUT2D eigenvalue weighted by Crippen LogP contribution is 2.17. The van der Waals surface area contributed by atoms with Crippen molar-refractivity contribution in [2.75, 3.05) is 37.4 Å². The maximum atomic E-state index is 5.83. The van der Waals surface area contributed by atoms with Crippen LogP contribution in [0.1, 0.15) is 44.6 Å². The van der Waals surface area contributed by atoms with Crippen molar-refractivity contribution in [3.63, 3.8) is 0 Å². The van der Waals surface area contributed by atoms with E-state index in [4.69, 9.17) is 4.74 Å². The fourth-order valence-corrected chi connectivity index (χ4v) is 2.95. The van der Waals surface area contributed by atoms with E-state index in [1.165, 1.54) is 31.0 Å². The smallest absolute Gasteiger partial charge is 0.184 e. The number of hydrogen-bond donors (Lipinski definition) is 2. The number of aromatic nitrogens is 2. The van der Waals surface area contributed by atoms with E-state index in [-0.39, 0.29) is 0 Å². The van der Waals surface area contributed by atoms with Crippen LogP contribution in [0, 0.1) is 0 Å². The summed E-state index contributed by atoms with van der Waals surface area (Å²) in [6.07, 6.45) is 7.80. The molecule has 0 radical (unpaired) electrons. The van der Waals surface area contributed by atoms with Gasteiger partial charge in [-0.1, -0.05) is 38.3 Å². The topological polar surface area (TPSA) is 71.4 Å². The second-order valence-corrected chi connectivity index (χ2v) is 6.54. The monoisotopic (exact) mass is 375 g/mol. The summed E-state index contributed by atoms with van der Waals surface area (Å²) in [6.45, 7) is 4.56. The van der Waals surface area contributed by atoms with Gasteiger partial charge in [-0.25, -0.2) is 0 Å². The molecule has 2 aromatic rings. The minimum atomic E-state index is 0.650. The van der Waals surface area contributed by atoms with Crippen LogP contribution in [0.3, 0.4) is 0 Å². The van der Waals surface area contributed by atoms with Gasteiger partial charge >= 0.3 is 0 Å². The minimum Gasteiger partial charge on any atom is -0.494 e. The second kappa shape index (κ2) is 12.2. The molecule has 1 aromatic heterocycles. The molecule has 0 fully saturated rings. The summed E-state index contributed by atoms with van der Waals surface area (Å²) in [5, 5.41) is 6.27. The number of rotatable bonds is 13. The first-order valence-electron chi connectivity index (χ1n) is 9.30. The van der Waals surface area contributed by atoms with E-state index in [2.05, 4.69) is 37.4 Å². The number of aliphatic imine (C=N–C) groups is 1. The third kappa shape index (κ3) is 7.39. The summed E-state index contributed by atoms with van der Waals surface area (Å²) in [6, 6.07) is 8.08. The van der Waals surface area contributed by atoms with Crippen LogP contribution in [0.25, 0.3) is 0 Å². The number of benzene rings is 1. The molecule has 6 nitrogen and oxygen atoms in total. The maximum Gasteiger partial charge on any atom is 0.184 e. The molecule has 0 aliphatic rings. The molecule has 2 rings (SSSR count). The lowest BCUT2D eigenvalue weighted by atomic mass is 10.2. The standard InChI is InChI=1S/C19H29N5OS/c1-3-4-5-6-11-21-15-16-9-7-10-17(14-16)25-13-8-12-22-19-18(20-2)23-26-24-19/h7,9-10,14-15H,3-6,8,11-13H2,1-2H3,(H,20,23)(H,22,24). The van der Waals surface area contributed by atoms with Crippen LogP contribution in [0.2, 0.25) is 0 Å². The molecule has 2 N–H and O–H groups in total. The third-order valence-electron chi connectivity index (χ3n) is 3.85. The van der Waals surface area contributed by atoms with Crippen molar-refractivity contribution in [3.05, 3.63) is 29.8 Å². The zero-order valence-corrected chi connectivity index (χ0v) is 16.5. The Balaban J connectivity index is 1.65. The quantitative estimate of drug-likeness (QED) is 0.399. The Morgan fingerprint density at radius 2 is 2.04 bits per heavy atom. The Kier molecular flexibility index (Phi) is 9.50. The van der Waals surface area contributed by atoms with Gasteiger partial charge in [0.25, 0.3) is 0 Å². The van der Waals surface area contributed by atoms with E-state index >= 15 is 0 Å². The molecule has 0 saturated heterocycles. The third-order valence-corrected chi connectivity index (χ3v) is 4.38. The van der Waals surface area contributed by atoms with Crippen molar-refractivity contribution < 1.29 is 4.74 Å². The average Bonchev–Trinajstić information content (AvgIpc) is 3.12. The summed E-state index contributed by atoms with van der Waals surface area (Å²) in [4.78, 5) is 4.50. The van der Waals surface area contributed by atoms with Crippen LogP contribution in [-0.2, 0) is 0 Å². The van der Waals surface area contributed by atoms with Crippen LogP contribution in [-0.4, -0.2) is 41.7 Å². The summed E-state index contributed by atoms with van der Waals surface area (Å²) in [7, 11) is 1.84. The average molecular weight is 376 g/mol. The summed E-state index contributed by atoms with van der Waals surface area (Å²) in [5.74, 6) is 2.47. The number of unbranched alkanes of at least 4 members (excludes halogenated alkanes) is 3. The number of ether oxygens (including phenoxy) is 1. The van der Waals surface area contributed by atoms with E-state index in [0.717, 1.165) is 48.9 Å². The number of nitrogens with one attached hydrogen (secondary N) is 2. The molecule has 26 heavy (non-hydrogen) atoms. The van der Waals surface area contributed by atoms with Crippen molar-refractivity contribution in [1.82, 2.24) is 8.75 Å². The molecule has 0 spiro atoms. The molecule has 0 aliphatic heterocycles. The Morgan fingerprint density at radius 3 is 2.88 bits per heavy atom. The number of nitrogens with zero attached hydrogens (tertiary/aromatic N) is 3. The number of hydrogen-bond acceptors (Lipinski definition) is 7. The summed E-state index contributed by atoms with van der Waals surface area (Å²) >= 11 is 1.20. The van der Waals surface area contributed by atoms with Crippen molar-refractivity contribution in [1.29, 1.82) is 0 Å². The highest BCUT2D eigenvalue weighted by molar-refractivity contribution is 6.99. The normalized spacial score (nSPS) is 11.0. The second-order valence-electron chi connectivity index (χ2n) is 6.01. The predicted molar refractivity (Wildman–Crippen MR) is 111 cm³/mol. The van der Waals surface area contributed by atoms with Crippen LogP contribution in [0.4, 0.5) is 11.6 Å². The van der Waals surface area contributed by atoms with Crippen LogP contribution in [0.5, 0.6) is 5.75 Å². The molecule has 0 atom stereocenters. The Bertz CT molecular complexity index is 659. The SMILES string of the molecule is CCCCCCN=Cc1cccc(OCCCNc2nsnc2NC)c1. The molecule has 7 heteroatoms. The van der Waals surface area contributed by atoms with Gasteiger partial charge < -0.3 is 15.4 Å². The van der Waals surface area contributed by atoms with Crippen LogP contribution >= 0.6 is 11.7 Å². The molecule has 0 unspecified atom stereocenters. The zero-order valence-electron chi connectivity index (χ0n) is 15.7. The molecular weight excluding hydrogens is 346 g/mol. The molecule has 0 amide bonds. The molecule has 0 saturated carbocycles. The maximum absolute atomic E-state index is 5.83. The molecular formula is C19H29N5OS. The van der Waals surface area contributed by atoms with Gasteiger partial charge in [-0.2, -0.15) is 8.75 Å². The fraction of sp³-hybridized carbons (Fsp3) is 0.526. The van der Waals surface area contributed by atoms with E-state index in [0.29, 0.717) is 6.61 Å². The fourth-order valence-electron chi connectivity index (χ4n) is 2.42. The first-order valence-corrected chi connectivity index (χ1v) is 10.0. The van der Waals surface area contributed by atoms with E-state index in [1.807, 2.05) is 31.5 Å². The molecule has 1 aromatic carbocycles. The van der Waals surface area contributed by atoms with Crippen LogP contribution < -0.4 is 15.4 Å². The first-order chi connectivity index (χ1) is 12.8. The largest absolute Gasteiger partial charge is 0.494 e. The van der Waals surface area contributed by atoms with Gasteiger partial charge in [-0.05, 0) is 30.5 Å². The Labute approximate surface area is 160 Å². The van der Waals surface area contributed by atoms with E-state index < -0.39 is 0 Å². The van der Waals surface area contributed by atoms with Gasteiger partial charge in [-0.3, -0.25) is 4.99 Å². The Hall–Kier alpha value is -2.15. The highest BCUT2D eigenvalue weighted by Gasteiger charge is 2.04. The lowest BCUT2D eigenvalue weighted by Crippen LogP contribution is -2.08. The zero-order chi connectivity index (χ0) is 18.5. The van der Waals surface area contributed by atoms with Gasteiger partial charge in [0.2, 0.25) is 0 Å². The van der Waals surface area contributed by atoms with Crippen molar-refractivity contribution in [2.24, 2.45) is 4.99 Å². The van der Waals surface area contributed by atoms with Crippen LogP contribution in [0.15, 0.2) is 29.3 Å². The van der Waals surface area contributed by atoms with Gasteiger partial charge in [0.1, 0.15) is 5.75 Å². The molecule has 0 aliphatic carbocycles. The van der Waals surface area contributed by atoms with Crippen molar-refractivity contribution in [2.45, 2.75) is 39.0 Å². The summed E-state index contributed by atoms with van der Waals surface area (Å²) in [5.41, 5.74) is 1.09. The summed E-state index contributed by atoms with van der Waals surface area (Å²) < 4.78 is 14.2. The van der Waals surface area contributed by atoms with E-state index in [9.17, 15) is 0 Å². The first kappa shape index (κ1) is 20.2. The van der Waals surface area contributed by atoms with Gasteiger partial charge in [0.15, 0.2) is 11.6 Å². The van der Waals surface area contributed by atoms with Gasteiger partial charge in [-0.15, -0.1) is 0 Å². The highest BCUT2D eigenvalue weighted by atomic mass is 32.1. The van der Waals surface area contributed by atoms with Gasteiger partial charge in [0.05, 0.1) is 18.3 Å². The Morgan fingerprint density at radius 1 is 1.15 bits per heavy atom. The lowest BCUT2D eigenvalue weighted by molar-refractivity contribution is 0.315. The minimum absolute atomic E-state index is 0.650. The lowest BCUT2D eigenvalue weighted by Gasteiger charge is -2.08. The molecule has 0 bridgehead atoms. The molecule has 1 heterocycles.